The Morgan fingerprint density at radius 3 is 2.47 bits per heavy atom. The number of hydrogen-bond acceptors (Lipinski definition) is 2. The number of aryl methyl sites for hydroxylation is 2. The summed E-state index contributed by atoms with van der Waals surface area (Å²) in [4.78, 5) is 13.1. The van der Waals surface area contributed by atoms with E-state index in [-0.39, 0.29) is 11.9 Å². The molecule has 0 saturated carbocycles. The third kappa shape index (κ3) is 4.73. The van der Waals surface area contributed by atoms with E-state index in [0.29, 0.717) is 17.9 Å². The average molecular weight is 400 g/mol. The van der Waals surface area contributed by atoms with Crippen LogP contribution >= 0.6 is 0 Å². The van der Waals surface area contributed by atoms with Gasteiger partial charge in [0, 0.05) is 0 Å². The van der Waals surface area contributed by atoms with Crippen molar-refractivity contribution in [3.05, 3.63) is 101 Å². The number of para-hydroxylation sites is 1. The number of hydrogen-bond donors (Lipinski definition) is 1. The van der Waals surface area contributed by atoms with Gasteiger partial charge < -0.3 is 10.1 Å². The molecule has 0 heterocycles. The second-order valence-electron chi connectivity index (χ2n) is 7.94. The van der Waals surface area contributed by atoms with Gasteiger partial charge in [0.25, 0.3) is 5.91 Å². The van der Waals surface area contributed by atoms with Crippen molar-refractivity contribution in [3.8, 4) is 5.75 Å². The second-order valence-corrected chi connectivity index (χ2v) is 7.94. The van der Waals surface area contributed by atoms with Crippen molar-refractivity contribution in [2.45, 2.75) is 51.7 Å². The third-order valence-electron chi connectivity index (χ3n) is 5.86. The van der Waals surface area contributed by atoms with E-state index in [1.54, 1.807) is 0 Å². The lowest BCUT2D eigenvalue weighted by Crippen LogP contribution is -2.28. The van der Waals surface area contributed by atoms with Gasteiger partial charge in [0.1, 0.15) is 12.4 Å². The summed E-state index contributed by atoms with van der Waals surface area (Å²) >= 11 is 0. The van der Waals surface area contributed by atoms with Gasteiger partial charge in [-0.3, -0.25) is 4.79 Å². The highest BCUT2D eigenvalue weighted by Crippen LogP contribution is 2.27. The van der Waals surface area contributed by atoms with Gasteiger partial charge in [-0.2, -0.15) is 0 Å². The van der Waals surface area contributed by atoms with Crippen molar-refractivity contribution in [2.75, 3.05) is 0 Å². The van der Waals surface area contributed by atoms with E-state index < -0.39 is 0 Å². The second kappa shape index (κ2) is 9.62. The molecule has 1 aliphatic carbocycles. The summed E-state index contributed by atoms with van der Waals surface area (Å²) < 4.78 is 5.98. The Hall–Kier alpha value is -3.07. The van der Waals surface area contributed by atoms with Crippen LogP contribution < -0.4 is 10.1 Å². The summed E-state index contributed by atoms with van der Waals surface area (Å²) in [6, 6.07) is 24.2. The van der Waals surface area contributed by atoms with Gasteiger partial charge in [-0.25, -0.2) is 0 Å². The lowest BCUT2D eigenvalue weighted by Gasteiger charge is -2.22. The smallest absolute Gasteiger partial charge is 0.255 e. The first-order valence-electron chi connectivity index (χ1n) is 10.9. The molecule has 0 radical (unpaired) electrons. The molecule has 4 rings (SSSR count). The van der Waals surface area contributed by atoms with E-state index in [0.717, 1.165) is 18.4 Å². The van der Waals surface area contributed by atoms with Gasteiger partial charge in [-0.15, -0.1) is 0 Å². The van der Waals surface area contributed by atoms with E-state index in [1.165, 1.54) is 36.0 Å². The predicted octanol–water partition coefficient (Wildman–Crippen LogP) is 6.03. The van der Waals surface area contributed by atoms with Crippen LogP contribution in [0.3, 0.4) is 0 Å². The highest BCUT2D eigenvalue weighted by atomic mass is 16.5. The minimum absolute atomic E-state index is 0.00749. The maximum absolute atomic E-state index is 13.1. The summed E-state index contributed by atoms with van der Waals surface area (Å²) in [6.45, 7) is 2.55. The van der Waals surface area contributed by atoms with Crippen molar-refractivity contribution < 1.29 is 9.53 Å². The molecule has 0 aromatic heterocycles. The SMILES string of the molecule is CC[C@@H](NC(=O)c1ccccc1OCc1ccccc1)c1ccc2c(c1)CCCC2. The van der Waals surface area contributed by atoms with Crippen molar-refractivity contribution in [3.63, 3.8) is 0 Å². The molecule has 3 nitrogen and oxygen atoms in total. The number of benzene rings is 3. The molecule has 3 aromatic rings. The van der Waals surface area contributed by atoms with Crippen LogP contribution in [0.25, 0.3) is 0 Å². The summed E-state index contributed by atoms with van der Waals surface area (Å²) in [5.41, 5.74) is 5.75. The number of ether oxygens (including phenoxy) is 1. The van der Waals surface area contributed by atoms with Crippen molar-refractivity contribution in [1.82, 2.24) is 5.32 Å². The predicted molar refractivity (Wildman–Crippen MR) is 121 cm³/mol. The molecule has 0 fully saturated rings. The van der Waals surface area contributed by atoms with E-state index >= 15 is 0 Å². The number of nitrogens with one attached hydrogen (secondary N) is 1. The molecule has 1 aliphatic rings. The third-order valence-corrected chi connectivity index (χ3v) is 5.86. The Morgan fingerprint density at radius 2 is 1.67 bits per heavy atom. The molecule has 3 heteroatoms. The van der Waals surface area contributed by atoms with Gasteiger partial charge in [0.05, 0.1) is 11.6 Å². The Morgan fingerprint density at radius 1 is 0.933 bits per heavy atom. The molecule has 0 aliphatic heterocycles. The van der Waals surface area contributed by atoms with Gasteiger partial charge in [0.2, 0.25) is 0 Å². The van der Waals surface area contributed by atoms with Crippen LogP contribution in [0.2, 0.25) is 0 Å². The molecule has 1 atom stereocenters. The zero-order chi connectivity index (χ0) is 20.8. The summed E-state index contributed by atoms with van der Waals surface area (Å²) in [7, 11) is 0. The maximum atomic E-state index is 13.1. The first-order chi connectivity index (χ1) is 14.7. The molecule has 1 N–H and O–H groups in total. The summed E-state index contributed by atoms with van der Waals surface area (Å²) in [5.74, 6) is 0.516. The Bertz CT molecular complexity index is 997. The fraction of sp³-hybridized carbons (Fsp3) is 0.296. The summed E-state index contributed by atoms with van der Waals surface area (Å²) in [5, 5.41) is 3.23. The first kappa shape index (κ1) is 20.2. The topological polar surface area (TPSA) is 38.3 Å². The lowest BCUT2D eigenvalue weighted by atomic mass is 9.88. The normalized spacial score (nSPS) is 13.9. The molecule has 0 bridgehead atoms. The van der Waals surface area contributed by atoms with E-state index in [2.05, 4.69) is 30.4 Å². The van der Waals surface area contributed by atoms with Crippen molar-refractivity contribution in [1.29, 1.82) is 0 Å². The number of rotatable bonds is 7. The fourth-order valence-corrected chi connectivity index (χ4v) is 4.14. The zero-order valence-electron chi connectivity index (χ0n) is 17.6. The van der Waals surface area contributed by atoms with E-state index in [4.69, 9.17) is 4.74 Å². The van der Waals surface area contributed by atoms with Gasteiger partial charge in [-0.05, 0) is 66.5 Å². The molecule has 0 spiro atoms. The highest BCUT2D eigenvalue weighted by molar-refractivity contribution is 5.97. The molecule has 3 aromatic carbocycles. The minimum Gasteiger partial charge on any atom is -0.488 e. The van der Waals surface area contributed by atoms with Crippen LogP contribution in [0.5, 0.6) is 5.75 Å². The van der Waals surface area contributed by atoms with Gasteiger partial charge in [0.15, 0.2) is 0 Å². The highest BCUT2D eigenvalue weighted by Gasteiger charge is 2.19. The molecule has 0 unspecified atom stereocenters. The zero-order valence-corrected chi connectivity index (χ0v) is 17.6. The molecule has 30 heavy (non-hydrogen) atoms. The lowest BCUT2D eigenvalue weighted by molar-refractivity contribution is 0.0931. The summed E-state index contributed by atoms with van der Waals surface area (Å²) in [6.07, 6.45) is 5.69. The fourth-order valence-electron chi connectivity index (χ4n) is 4.14. The quantitative estimate of drug-likeness (QED) is 0.527. The molecule has 154 valence electrons. The van der Waals surface area contributed by atoms with Crippen LogP contribution in [0.15, 0.2) is 72.8 Å². The van der Waals surface area contributed by atoms with Crippen LogP contribution in [0.1, 0.15) is 64.8 Å². The standard InChI is InChI=1S/C27H29NO2/c1-2-25(23-17-16-21-12-6-7-13-22(21)18-23)28-27(29)24-14-8-9-15-26(24)30-19-20-10-4-3-5-11-20/h3-5,8-11,14-18,25H,2,6-7,12-13,19H2,1H3,(H,28,29)/t25-/m1/s1. The number of carbonyl (C=O) groups excluding carboxylic acids is 1. The number of carbonyl (C=O) groups is 1. The van der Waals surface area contributed by atoms with Gasteiger partial charge in [-0.1, -0.05) is 67.6 Å². The molecule has 0 saturated heterocycles. The number of fused-ring (bicyclic) bond motifs is 1. The van der Waals surface area contributed by atoms with E-state index in [9.17, 15) is 4.79 Å². The Kier molecular flexibility index (Phi) is 6.48. The molecular formula is C27H29NO2. The van der Waals surface area contributed by atoms with Crippen molar-refractivity contribution >= 4 is 5.91 Å². The van der Waals surface area contributed by atoms with Crippen LogP contribution in [0.4, 0.5) is 0 Å². The van der Waals surface area contributed by atoms with Gasteiger partial charge >= 0.3 is 0 Å². The Balaban J connectivity index is 1.48. The largest absolute Gasteiger partial charge is 0.488 e. The van der Waals surface area contributed by atoms with Crippen molar-refractivity contribution in [2.24, 2.45) is 0 Å². The monoisotopic (exact) mass is 399 g/mol. The molecular weight excluding hydrogens is 370 g/mol. The maximum Gasteiger partial charge on any atom is 0.255 e. The van der Waals surface area contributed by atoms with Crippen LogP contribution in [0, 0.1) is 0 Å². The number of amides is 1. The Labute approximate surface area is 179 Å². The van der Waals surface area contributed by atoms with Crippen LogP contribution in [-0.2, 0) is 19.4 Å². The minimum atomic E-state index is -0.0942. The molecule has 1 amide bonds. The first-order valence-corrected chi connectivity index (χ1v) is 10.9. The average Bonchev–Trinajstić information content (AvgIpc) is 2.81. The van der Waals surface area contributed by atoms with E-state index in [1.807, 2.05) is 54.6 Å². The van der Waals surface area contributed by atoms with Crippen LogP contribution in [-0.4, -0.2) is 5.91 Å².